The van der Waals surface area contributed by atoms with Crippen molar-refractivity contribution in [1.29, 1.82) is 0 Å². The summed E-state index contributed by atoms with van der Waals surface area (Å²) in [5.74, 6) is 3.04. The lowest BCUT2D eigenvalue weighted by Crippen LogP contribution is -2.30. The zero-order valence-electron chi connectivity index (χ0n) is 12.6. The average molecular weight is 292 g/mol. The summed E-state index contributed by atoms with van der Waals surface area (Å²) in [5.41, 5.74) is 7.02. The lowest BCUT2D eigenvalue weighted by molar-refractivity contribution is 0.171. The Bertz CT molecular complexity index is 489. The molecule has 0 bridgehead atoms. The number of rotatable bonds is 7. The third kappa shape index (κ3) is 3.09. The summed E-state index contributed by atoms with van der Waals surface area (Å²) >= 11 is 0. The molecule has 5 heteroatoms. The van der Waals surface area contributed by atoms with Crippen LogP contribution in [0.15, 0.2) is 12.1 Å². The molecule has 1 aromatic carbocycles. The summed E-state index contributed by atoms with van der Waals surface area (Å²) < 4.78 is 16.3. The molecule has 2 aliphatic rings. The van der Waals surface area contributed by atoms with Crippen LogP contribution < -0.4 is 25.3 Å². The fraction of sp³-hybridized carbons (Fsp3) is 0.625. The third-order valence-corrected chi connectivity index (χ3v) is 4.49. The molecule has 0 radical (unpaired) electrons. The van der Waals surface area contributed by atoms with E-state index in [0.29, 0.717) is 18.0 Å². The normalized spacial score (nSPS) is 18.4. The van der Waals surface area contributed by atoms with Crippen LogP contribution in [0.4, 0.5) is 0 Å². The fourth-order valence-electron chi connectivity index (χ4n) is 2.93. The van der Waals surface area contributed by atoms with Crippen molar-refractivity contribution < 1.29 is 14.2 Å². The van der Waals surface area contributed by atoms with Gasteiger partial charge in [-0.1, -0.05) is 19.3 Å². The largest absolute Gasteiger partial charge is 0.493 e. The van der Waals surface area contributed by atoms with Crippen molar-refractivity contribution in [2.24, 2.45) is 11.7 Å². The van der Waals surface area contributed by atoms with E-state index in [0.717, 1.165) is 23.8 Å². The molecule has 1 unspecified atom stereocenters. The van der Waals surface area contributed by atoms with E-state index >= 15 is 0 Å². The number of benzene rings is 1. The molecule has 1 heterocycles. The molecule has 21 heavy (non-hydrogen) atoms. The molecule has 1 saturated carbocycles. The van der Waals surface area contributed by atoms with Crippen molar-refractivity contribution in [3.8, 4) is 17.2 Å². The molecule has 116 valence electrons. The van der Waals surface area contributed by atoms with Gasteiger partial charge in [0.15, 0.2) is 11.5 Å². The molecule has 1 atom stereocenters. The smallest absolute Gasteiger partial charge is 0.231 e. The van der Waals surface area contributed by atoms with Gasteiger partial charge in [-0.25, -0.2) is 0 Å². The van der Waals surface area contributed by atoms with Gasteiger partial charge in [0.2, 0.25) is 12.5 Å². The number of nitrogens with two attached hydrogens (primary N) is 1. The van der Waals surface area contributed by atoms with E-state index in [9.17, 15) is 0 Å². The minimum absolute atomic E-state index is 0.119. The summed E-state index contributed by atoms with van der Waals surface area (Å²) in [4.78, 5) is 0. The highest BCUT2D eigenvalue weighted by molar-refractivity contribution is 5.55. The number of methoxy groups -OCH3 is 1. The lowest BCUT2D eigenvalue weighted by atomic mass is 9.83. The van der Waals surface area contributed by atoms with E-state index in [1.54, 1.807) is 7.11 Å². The van der Waals surface area contributed by atoms with Crippen molar-refractivity contribution in [2.45, 2.75) is 31.7 Å². The topological polar surface area (TPSA) is 65.7 Å². The molecule has 1 aliphatic heterocycles. The van der Waals surface area contributed by atoms with Crippen molar-refractivity contribution in [3.05, 3.63) is 17.7 Å². The van der Waals surface area contributed by atoms with Crippen molar-refractivity contribution in [2.75, 3.05) is 27.0 Å². The van der Waals surface area contributed by atoms with Gasteiger partial charge in [0, 0.05) is 12.6 Å². The zero-order valence-corrected chi connectivity index (χ0v) is 12.6. The van der Waals surface area contributed by atoms with Gasteiger partial charge in [-0.2, -0.15) is 0 Å². The molecule has 0 spiro atoms. The van der Waals surface area contributed by atoms with Crippen LogP contribution in [0.5, 0.6) is 17.2 Å². The van der Waals surface area contributed by atoms with Gasteiger partial charge in [0.25, 0.3) is 0 Å². The van der Waals surface area contributed by atoms with E-state index < -0.39 is 0 Å². The predicted octanol–water partition coefficient (Wildman–Crippen LogP) is 2.20. The van der Waals surface area contributed by atoms with Crippen LogP contribution in [0.3, 0.4) is 0 Å². The Morgan fingerprint density at radius 3 is 2.90 bits per heavy atom. The minimum atomic E-state index is 0.119. The first-order valence-electron chi connectivity index (χ1n) is 7.72. The van der Waals surface area contributed by atoms with Crippen LogP contribution in [0, 0.1) is 5.92 Å². The molecule has 1 fully saturated rings. The molecule has 3 rings (SSSR count). The number of nitrogens with one attached hydrogen (secondary N) is 1. The SMILES string of the molecule is COc1cc(C(CN)NCCC2CCC2)cc2c1OCO2. The van der Waals surface area contributed by atoms with Gasteiger partial charge in [0.1, 0.15) is 0 Å². The van der Waals surface area contributed by atoms with Crippen LogP contribution in [0.1, 0.15) is 37.3 Å². The number of fused-ring (bicyclic) bond motifs is 1. The Kier molecular flexibility index (Phi) is 4.51. The van der Waals surface area contributed by atoms with Crippen LogP contribution in [0.25, 0.3) is 0 Å². The molecule has 5 nitrogen and oxygen atoms in total. The Hall–Kier alpha value is -1.46. The quantitative estimate of drug-likeness (QED) is 0.806. The summed E-state index contributed by atoms with van der Waals surface area (Å²) in [6.45, 7) is 1.80. The van der Waals surface area contributed by atoms with Crippen LogP contribution in [-0.4, -0.2) is 27.0 Å². The standard InChI is InChI=1S/C16H24N2O3/c1-19-14-7-12(8-15-16(14)21-10-20-15)13(9-17)18-6-5-11-3-2-4-11/h7-8,11,13,18H,2-6,9-10,17H2,1H3. The highest BCUT2D eigenvalue weighted by Gasteiger charge is 2.23. The molecule has 3 N–H and O–H groups in total. The maximum atomic E-state index is 5.93. The van der Waals surface area contributed by atoms with Crippen LogP contribution in [-0.2, 0) is 0 Å². The van der Waals surface area contributed by atoms with E-state index in [1.165, 1.54) is 25.7 Å². The van der Waals surface area contributed by atoms with Gasteiger partial charge < -0.3 is 25.3 Å². The monoisotopic (exact) mass is 292 g/mol. The summed E-state index contributed by atoms with van der Waals surface area (Å²) in [7, 11) is 1.64. The second-order valence-electron chi connectivity index (χ2n) is 5.78. The highest BCUT2D eigenvalue weighted by atomic mass is 16.7. The number of ether oxygens (including phenoxy) is 3. The summed E-state index contributed by atoms with van der Waals surface area (Å²) in [6, 6.07) is 4.11. The first-order chi connectivity index (χ1) is 10.3. The first kappa shape index (κ1) is 14.5. The lowest BCUT2D eigenvalue weighted by Gasteiger charge is -2.26. The van der Waals surface area contributed by atoms with E-state index in [4.69, 9.17) is 19.9 Å². The average Bonchev–Trinajstić information content (AvgIpc) is 2.92. The number of hydrogen-bond acceptors (Lipinski definition) is 5. The fourth-order valence-corrected chi connectivity index (χ4v) is 2.93. The van der Waals surface area contributed by atoms with E-state index in [2.05, 4.69) is 5.32 Å². The molecular weight excluding hydrogens is 268 g/mol. The van der Waals surface area contributed by atoms with Gasteiger partial charge in [0.05, 0.1) is 7.11 Å². The van der Waals surface area contributed by atoms with E-state index in [-0.39, 0.29) is 12.8 Å². The maximum Gasteiger partial charge on any atom is 0.231 e. The van der Waals surface area contributed by atoms with Crippen molar-refractivity contribution in [3.63, 3.8) is 0 Å². The Balaban J connectivity index is 1.67. The second kappa shape index (κ2) is 6.54. The molecule has 0 saturated heterocycles. The molecule has 1 aromatic rings. The zero-order chi connectivity index (χ0) is 14.7. The Morgan fingerprint density at radius 1 is 1.38 bits per heavy atom. The molecule has 1 aliphatic carbocycles. The Labute approximate surface area is 125 Å². The van der Waals surface area contributed by atoms with Crippen LogP contribution >= 0.6 is 0 Å². The summed E-state index contributed by atoms with van der Waals surface area (Å²) in [5, 5.41) is 3.55. The molecule has 0 amide bonds. The summed E-state index contributed by atoms with van der Waals surface area (Å²) in [6.07, 6.45) is 5.39. The third-order valence-electron chi connectivity index (χ3n) is 4.49. The minimum Gasteiger partial charge on any atom is -0.493 e. The van der Waals surface area contributed by atoms with E-state index in [1.807, 2.05) is 12.1 Å². The second-order valence-corrected chi connectivity index (χ2v) is 5.78. The van der Waals surface area contributed by atoms with Gasteiger partial charge in [-0.15, -0.1) is 0 Å². The Morgan fingerprint density at radius 2 is 2.24 bits per heavy atom. The van der Waals surface area contributed by atoms with Crippen molar-refractivity contribution >= 4 is 0 Å². The van der Waals surface area contributed by atoms with Crippen LogP contribution in [0.2, 0.25) is 0 Å². The maximum absolute atomic E-state index is 5.93. The highest BCUT2D eigenvalue weighted by Crippen LogP contribution is 2.42. The van der Waals surface area contributed by atoms with Crippen molar-refractivity contribution in [1.82, 2.24) is 5.32 Å². The van der Waals surface area contributed by atoms with Gasteiger partial charge in [-0.3, -0.25) is 0 Å². The molecule has 0 aromatic heterocycles. The number of hydrogen-bond donors (Lipinski definition) is 2. The predicted molar refractivity (Wildman–Crippen MR) is 80.9 cm³/mol. The van der Waals surface area contributed by atoms with Gasteiger partial charge in [-0.05, 0) is 36.6 Å². The van der Waals surface area contributed by atoms with Gasteiger partial charge >= 0.3 is 0 Å². The molecular formula is C16H24N2O3. The first-order valence-corrected chi connectivity index (χ1v) is 7.72.